The van der Waals surface area contributed by atoms with Crippen molar-refractivity contribution in [2.45, 2.75) is 14.7 Å². The number of phenolic OH excluding ortho intramolecular Hbond substituents is 1. The van der Waals surface area contributed by atoms with E-state index in [9.17, 15) is 34.9 Å². The summed E-state index contributed by atoms with van der Waals surface area (Å²) in [4.78, 5) is -0.900. The molecular weight excluding hydrogens is 635 g/mol. The van der Waals surface area contributed by atoms with Crippen molar-refractivity contribution >= 4 is 69.0 Å². The molecule has 0 bridgehead atoms. The molecule has 4 N–H and O–H groups in total. The summed E-state index contributed by atoms with van der Waals surface area (Å²) in [5.74, 6) is -0.373. The maximum Gasteiger partial charge on any atom is 0.296 e. The van der Waals surface area contributed by atoms with E-state index in [2.05, 4.69) is 33.6 Å². The molecule has 0 aliphatic carbocycles. The molecule has 4 rings (SSSR count). The van der Waals surface area contributed by atoms with Crippen LogP contribution in [-0.4, -0.2) is 42.0 Å². The van der Waals surface area contributed by atoms with Crippen LogP contribution < -0.4 is 10.5 Å². The van der Waals surface area contributed by atoms with Crippen LogP contribution in [0, 0.1) is 0 Å². The minimum absolute atomic E-state index is 0.00557. The molecule has 0 atom stereocenters. The van der Waals surface area contributed by atoms with Gasteiger partial charge in [-0.05, 0) is 60.0 Å². The number of sulfone groups is 2. The van der Waals surface area contributed by atoms with Crippen LogP contribution >= 0.6 is 0 Å². The highest BCUT2D eigenvalue weighted by Gasteiger charge is 2.23. The summed E-state index contributed by atoms with van der Waals surface area (Å²) in [6, 6.07) is 12.6. The van der Waals surface area contributed by atoms with Crippen molar-refractivity contribution in [3.05, 3.63) is 84.6 Å². The molecule has 0 saturated heterocycles. The molecule has 0 saturated carbocycles. The number of phenols is 1. The van der Waals surface area contributed by atoms with Crippen molar-refractivity contribution < 1.29 is 39.6 Å². The van der Waals surface area contributed by atoms with Crippen LogP contribution in [0.1, 0.15) is 0 Å². The molecule has 0 aliphatic rings. The lowest BCUT2D eigenvalue weighted by atomic mass is 10.1. The van der Waals surface area contributed by atoms with Gasteiger partial charge in [0.1, 0.15) is 27.7 Å². The fourth-order valence-corrected chi connectivity index (χ4v) is 5.98. The van der Waals surface area contributed by atoms with Gasteiger partial charge in [-0.1, -0.05) is 19.2 Å². The minimum atomic E-state index is -4.89. The Morgan fingerprint density at radius 1 is 0.773 bits per heavy atom. The average molecular weight is 658 g/mol. The van der Waals surface area contributed by atoms with Crippen LogP contribution in [0.2, 0.25) is 0 Å². The molecule has 0 aliphatic heterocycles. The van der Waals surface area contributed by atoms with E-state index in [1.54, 1.807) is 0 Å². The molecule has 0 amide bonds. The second kappa shape index (κ2) is 12.0. The lowest BCUT2D eigenvalue weighted by molar-refractivity contribution is 0.415. The Bertz CT molecular complexity index is 2210. The van der Waals surface area contributed by atoms with Crippen molar-refractivity contribution in [1.82, 2.24) is 0 Å². The zero-order valence-electron chi connectivity index (χ0n) is 22.7. The largest absolute Gasteiger partial charge is 0.505 e. The number of rotatable bonds is 10. The highest BCUT2D eigenvalue weighted by atomic mass is 32.2. The Hall–Kier alpha value is -4.97. The monoisotopic (exact) mass is 657 g/mol. The normalized spacial score (nSPS) is 12.6. The predicted molar refractivity (Wildman–Crippen MR) is 162 cm³/mol. The Morgan fingerprint density at radius 3 is 1.95 bits per heavy atom. The molecule has 4 aromatic carbocycles. The van der Waals surface area contributed by atoms with E-state index in [0.29, 0.717) is 0 Å². The number of anilines is 1. The van der Waals surface area contributed by atoms with Gasteiger partial charge in [0.15, 0.2) is 25.4 Å². The molecule has 0 aromatic heterocycles. The third kappa shape index (κ3) is 6.35. The van der Waals surface area contributed by atoms with E-state index in [4.69, 9.17) is 10.5 Å². The van der Waals surface area contributed by atoms with Gasteiger partial charge in [0.2, 0.25) is 0 Å². The summed E-state index contributed by atoms with van der Waals surface area (Å²) >= 11 is 0. The summed E-state index contributed by atoms with van der Waals surface area (Å²) in [6.07, 6.45) is 0. The number of aromatic hydroxyl groups is 1. The van der Waals surface area contributed by atoms with Gasteiger partial charge in [0, 0.05) is 10.8 Å². The highest BCUT2D eigenvalue weighted by molar-refractivity contribution is 7.94. The molecule has 17 heteroatoms. The highest BCUT2D eigenvalue weighted by Crippen LogP contribution is 2.46. The molecule has 44 heavy (non-hydrogen) atoms. The Morgan fingerprint density at radius 2 is 1.36 bits per heavy atom. The first-order valence-electron chi connectivity index (χ1n) is 12.0. The maximum absolute atomic E-state index is 12.2. The number of fused-ring (bicyclic) bond motifs is 1. The Labute approximate surface area is 252 Å². The molecule has 228 valence electrons. The number of nitrogen functional groups attached to an aromatic ring is 1. The Kier molecular flexibility index (Phi) is 8.69. The number of nitrogens with two attached hydrogens (primary N) is 1. The van der Waals surface area contributed by atoms with Crippen molar-refractivity contribution in [2.24, 2.45) is 20.5 Å². The standard InChI is InChI=1S/C27H23N5O9S3/c1-4-42(34,35)18-9-7-17(8-10-18)29-32-26-23(44(38,39)40)14-16-6-12-20(27(33)24(16)25(26)28)30-31-21-15-19(43(36,37)5-2)11-13-22(21)41-3/h4-15,33H,1-2,28H2,3H3,(H,38,39,40). The van der Waals surface area contributed by atoms with E-state index in [1.165, 1.54) is 61.7 Å². The van der Waals surface area contributed by atoms with Gasteiger partial charge < -0.3 is 15.6 Å². The van der Waals surface area contributed by atoms with E-state index in [-0.39, 0.29) is 43.4 Å². The van der Waals surface area contributed by atoms with Crippen molar-refractivity contribution in [3.63, 3.8) is 0 Å². The molecule has 4 aromatic rings. The third-order valence-corrected chi connectivity index (χ3v) is 9.71. The summed E-state index contributed by atoms with van der Waals surface area (Å²) < 4.78 is 87.8. The number of hydrogen-bond donors (Lipinski definition) is 3. The maximum atomic E-state index is 12.2. The lowest BCUT2D eigenvalue weighted by Gasteiger charge is -2.12. The van der Waals surface area contributed by atoms with Crippen molar-refractivity contribution in [1.29, 1.82) is 0 Å². The first kappa shape index (κ1) is 32.0. The predicted octanol–water partition coefficient (Wildman–Crippen LogP) is 6.05. The molecule has 0 heterocycles. The summed E-state index contributed by atoms with van der Waals surface area (Å²) in [5.41, 5.74) is 5.29. The van der Waals surface area contributed by atoms with Gasteiger partial charge >= 0.3 is 0 Å². The van der Waals surface area contributed by atoms with Crippen LogP contribution in [-0.2, 0) is 29.8 Å². The topological polar surface area (TPSA) is 228 Å². The van der Waals surface area contributed by atoms with Gasteiger partial charge in [-0.2, -0.15) is 13.5 Å². The summed E-state index contributed by atoms with van der Waals surface area (Å²) in [6.45, 7) is 6.54. The van der Waals surface area contributed by atoms with E-state index in [1.807, 2.05) is 0 Å². The van der Waals surface area contributed by atoms with E-state index < -0.39 is 51.8 Å². The summed E-state index contributed by atoms with van der Waals surface area (Å²) in [7, 11) is -11.1. The third-order valence-electron chi connectivity index (χ3n) is 6.13. The number of hydrogen-bond acceptors (Lipinski definition) is 13. The molecule has 14 nitrogen and oxygen atoms in total. The minimum Gasteiger partial charge on any atom is -0.505 e. The second-order valence-electron chi connectivity index (χ2n) is 8.79. The zero-order chi connectivity index (χ0) is 32.4. The van der Waals surface area contributed by atoms with E-state index >= 15 is 0 Å². The van der Waals surface area contributed by atoms with Crippen LogP contribution in [0.25, 0.3) is 10.8 Å². The van der Waals surface area contributed by atoms with Gasteiger partial charge in [0.25, 0.3) is 10.1 Å². The first-order chi connectivity index (χ1) is 20.6. The molecule has 0 unspecified atom stereocenters. The zero-order valence-corrected chi connectivity index (χ0v) is 25.1. The number of methoxy groups -OCH3 is 1. The smallest absolute Gasteiger partial charge is 0.296 e. The van der Waals surface area contributed by atoms with Gasteiger partial charge in [-0.15, -0.1) is 15.3 Å². The molecule has 0 spiro atoms. The summed E-state index contributed by atoms with van der Waals surface area (Å²) in [5, 5.41) is 28.4. The number of nitrogens with zero attached hydrogens (tertiary/aromatic N) is 4. The lowest BCUT2D eigenvalue weighted by Crippen LogP contribution is -2.01. The quantitative estimate of drug-likeness (QED) is 0.102. The first-order valence-corrected chi connectivity index (χ1v) is 16.6. The molecule has 0 radical (unpaired) electrons. The number of azo groups is 2. The van der Waals surface area contributed by atoms with E-state index in [0.717, 1.165) is 16.9 Å². The van der Waals surface area contributed by atoms with Crippen molar-refractivity contribution in [2.75, 3.05) is 12.8 Å². The van der Waals surface area contributed by atoms with Crippen LogP contribution in [0.3, 0.4) is 0 Å². The second-order valence-corrected chi connectivity index (χ2v) is 14.0. The van der Waals surface area contributed by atoms with Crippen molar-refractivity contribution in [3.8, 4) is 11.5 Å². The molecular formula is C27H23N5O9S3. The van der Waals surface area contributed by atoms with Crippen LogP contribution in [0.4, 0.5) is 28.4 Å². The average Bonchev–Trinajstić information content (AvgIpc) is 2.99. The SMILES string of the molecule is C=CS(=O)(=O)c1ccc(N=Nc2c(S(=O)(=O)O)cc3ccc(N=Nc4cc(S(=O)(=O)C=C)ccc4OC)c(O)c3c2N)cc1. The van der Waals surface area contributed by atoms with Crippen LogP contribution in [0.15, 0.2) is 120 Å². The van der Waals surface area contributed by atoms with Gasteiger partial charge in [-0.3, -0.25) is 4.55 Å². The van der Waals surface area contributed by atoms with Crippen LogP contribution in [0.5, 0.6) is 11.5 Å². The number of benzene rings is 4. The van der Waals surface area contributed by atoms with Gasteiger partial charge in [0.05, 0.1) is 33.7 Å². The number of ether oxygens (including phenoxy) is 1. The fraction of sp³-hybridized carbons (Fsp3) is 0.0370. The molecule has 0 fully saturated rings. The fourth-order valence-electron chi connectivity index (χ4n) is 3.88. The van der Waals surface area contributed by atoms with Gasteiger partial charge in [-0.25, -0.2) is 16.8 Å². The Balaban J connectivity index is 1.84.